The van der Waals surface area contributed by atoms with Gasteiger partial charge in [0.05, 0.1) is 6.61 Å². The van der Waals surface area contributed by atoms with Gasteiger partial charge in [0.1, 0.15) is 0 Å². The minimum absolute atomic E-state index is 0.189. The first kappa shape index (κ1) is 21.4. The second-order valence-electron chi connectivity index (χ2n) is 6.83. The van der Waals surface area contributed by atoms with Gasteiger partial charge in [-0.15, -0.1) is 0 Å². The van der Waals surface area contributed by atoms with Crippen molar-refractivity contribution in [2.75, 3.05) is 11.9 Å². The van der Waals surface area contributed by atoms with E-state index in [2.05, 4.69) is 19.2 Å². The Morgan fingerprint density at radius 1 is 1.07 bits per heavy atom. The van der Waals surface area contributed by atoms with Crippen LogP contribution in [0.3, 0.4) is 0 Å². The van der Waals surface area contributed by atoms with Crippen LogP contribution < -0.4 is 5.32 Å². The van der Waals surface area contributed by atoms with Crippen molar-refractivity contribution in [1.29, 1.82) is 0 Å². The fourth-order valence-corrected chi connectivity index (χ4v) is 2.82. The molecule has 0 aliphatic heterocycles. The number of benzene rings is 2. The number of esters is 1. The molecule has 4 heteroatoms. The van der Waals surface area contributed by atoms with E-state index in [-0.39, 0.29) is 11.9 Å². The summed E-state index contributed by atoms with van der Waals surface area (Å²) in [6.45, 7) is 4.74. The molecule has 1 N–H and O–H groups in total. The molecule has 28 heavy (non-hydrogen) atoms. The summed E-state index contributed by atoms with van der Waals surface area (Å²) in [4.78, 5) is 24.4. The molecule has 0 heterocycles. The molecule has 1 unspecified atom stereocenters. The topological polar surface area (TPSA) is 55.4 Å². The Balaban J connectivity index is 1.90. The lowest BCUT2D eigenvalue weighted by molar-refractivity contribution is -0.139. The van der Waals surface area contributed by atoms with Gasteiger partial charge < -0.3 is 10.1 Å². The zero-order valence-corrected chi connectivity index (χ0v) is 16.7. The van der Waals surface area contributed by atoms with E-state index in [0.717, 1.165) is 36.9 Å². The van der Waals surface area contributed by atoms with Gasteiger partial charge in [0.25, 0.3) is 5.91 Å². The summed E-state index contributed by atoms with van der Waals surface area (Å²) < 4.78 is 5.37. The summed E-state index contributed by atoms with van der Waals surface area (Å²) in [5.74, 6) is -0.123. The highest BCUT2D eigenvalue weighted by Crippen LogP contribution is 2.14. The van der Waals surface area contributed by atoms with Crippen LogP contribution in [0.4, 0.5) is 5.69 Å². The van der Waals surface area contributed by atoms with Gasteiger partial charge in [-0.25, -0.2) is 4.79 Å². The number of carbonyl (C=O) groups is 2. The Bertz CT molecular complexity index is 783. The van der Waals surface area contributed by atoms with E-state index >= 15 is 0 Å². The molecule has 0 aromatic heterocycles. The Morgan fingerprint density at radius 3 is 2.57 bits per heavy atom. The van der Waals surface area contributed by atoms with Gasteiger partial charge in [0.2, 0.25) is 0 Å². The Kier molecular flexibility index (Phi) is 8.99. The van der Waals surface area contributed by atoms with Crippen LogP contribution in [0.5, 0.6) is 0 Å². The summed E-state index contributed by atoms with van der Waals surface area (Å²) in [5.41, 5.74) is 2.05. The normalized spacial score (nSPS) is 11.9. The SMILES string of the molecule is CCCCC(CC)COC(=O)/C=C/c1cccc(C(=O)Nc2ccccc2)c1. The number of carbonyl (C=O) groups excluding carboxylic acids is 2. The third kappa shape index (κ3) is 7.39. The van der Waals surface area contributed by atoms with Crippen molar-refractivity contribution in [1.82, 2.24) is 0 Å². The molecule has 0 bridgehead atoms. The summed E-state index contributed by atoms with van der Waals surface area (Å²) >= 11 is 0. The first-order valence-corrected chi connectivity index (χ1v) is 9.93. The first-order chi connectivity index (χ1) is 13.6. The van der Waals surface area contributed by atoms with Crippen molar-refractivity contribution in [3.8, 4) is 0 Å². The molecule has 2 aromatic carbocycles. The maximum atomic E-state index is 12.4. The van der Waals surface area contributed by atoms with Crippen molar-refractivity contribution in [3.05, 3.63) is 71.8 Å². The highest BCUT2D eigenvalue weighted by Gasteiger charge is 2.09. The number of para-hydroxylation sites is 1. The number of amides is 1. The van der Waals surface area contributed by atoms with E-state index in [1.54, 1.807) is 24.3 Å². The Hall–Kier alpha value is -2.88. The van der Waals surface area contributed by atoms with Gasteiger partial charge in [0.15, 0.2) is 0 Å². The summed E-state index contributed by atoms with van der Waals surface area (Å²) in [5, 5.41) is 2.85. The van der Waals surface area contributed by atoms with E-state index in [1.807, 2.05) is 36.4 Å². The number of nitrogens with one attached hydrogen (secondary N) is 1. The molecular weight excluding hydrogens is 350 g/mol. The van der Waals surface area contributed by atoms with E-state index in [9.17, 15) is 9.59 Å². The predicted octanol–water partition coefficient (Wildman–Crippen LogP) is 5.71. The minimum Gasteiger partial charge on any atom is -0.462 e. The van der Waals surface area contributed by atoms with Crippen molar-refractivity contribution >= 4 is 23.6 Å². The molecule has 0 fully saturated rings. The van der Waals surface area contributed by atoms with Gasteiger partial charge in [0, 0.05) is 17.3 Å². The van der Waals surface area contributed by atoms with Crippen LogP contribution in [0.15, 0.2) is 60.7 Å². The van der Waals surface area contributed by atoms with Crippen molar-refractivity contribution in [2.24, 2.45) is 5.92 Å². The molecule has 1 atom stereocenters. The maximum Gasteiger partial charge on any atom is 0.330 e. The van der Waals surface area contributed by atoms with Crippen molar-refractivity contribution < 1.29 is 14.3 Å². The fourth-order valence-electron chi connectivity index (χ4n) is 2.82. The average Bonchev–Trinajstić information content (AvgIpc) is 2.73. The lowest BCUT2D eigenvalue weighted by Gasteiger charge is -2.13. The number of anilines is 1. The Labute approximate surface area is 167 Å². The van der Waals surface area contributed by atoms with E-state index in [1.165, 1.54) is 6.08 Å². The van der Waals surface area contributed by atoms with Crippen LogP contribution in [0.2, 0.25) is 0 Å². The molecule has 2 aromatic rings. The quantitative estimate of drug-likeness (QED) is 0.425. The number of hydrogen-bond donors (Lipinski definition) is 1. The average molecular weight is 380 g/mol. The van der Waals surface area contributed by atoms with E-state index in [4.69, 9.17) is 4.74 Å². The third-order valence-electron chi connectivity index (χ3n) is 4.60. The van der Waals surface area contributed by atoms with Gasteiger partial charge in [-0.05, 0) is 48.2 Å². The largest absolute Gasteiger partial charge is 0.462 e. The number of rotatable bonds is 10. The van der Waals surface area contributed by atoms with Crippen LogP contribution >= 0.6 is 0 Å². The highest BCUT2D eigenvalue weighted by molar-refractivity contribution is 6.04. The second kappa shape index (κ2) is 11.8. The van der Waals surface area contributed by atoms with E-state index < -0.39 is 0 Å². The van der Waals surface area contributed by atoms with Crippen molar-refractivity contribution in [2.45, 2.75) is 39.5 Å². The van der Waals surface area contributed by atoms with Crippen LogP contribution in [0, 0.1) is 5.92 Å². The molecule has 4 nitrogen and oxygen atoms in total. The minimum atomic E-state index is -0.353. The first-order valence-electron chi connectivity index (χ1n) is 9.93. The Morgan fingerprint density at radius 2 is 1.86 bits per heavy atom. The molecular formula is C24H29NO3. The van der Waals surface area contributed by atoms with Crippen LogP contribution in [0.1, 0.15) is 55.5 Å². The number of unbranched alkanes of at least 4 members (excludes halogenated alkanes) is 1. The van der Waals surface area contributed by atoms with E-state index in [0.29, 0.717) is 18.1 Å². The fraction of sp³-hybridized carbons (Fsp3) is 0.333. The standard InChI is InChI=1S/C24H29NO3/c1-3-5-10-19(4-2)18-28-23(26)16-15-20-11-9-12-21(17-20)24(27)25-22-13-7-6-8-14-22/h6-9,11-17,19H,3-5,10,18H2,1-2H3,(H,25,27)/b16-15+. The number of ether oxygens (including phenoxy) is 1. The molecule has 2 rings (SSSR count). The van der Waals surface area contributed by atoms with Gasteiger partial charge >= 0.3 is 5.97 Å². The predicted molar refractivity (Wildman–Crippen MR) is 114 cm³/mol. The van der Waals surface area contributed by atoms with Gasteiger partial charge in [-0.1, -0.05) is 63.4 Å². The molecule has 0 saturated carbocycles. The van der Waals surface area contributed by atoms with Gasteiger partial charge in [-0.3, -0.25) is 4.79 Å². The molecule has 148 valence electrons. The van der Waals surface area contributed by atoms with Crippen LogP contribution in [-0.2, 0) is 9.53 Å². The second-order valence-corrected chi connectivity index (χ2v) is 6.83. The zero-order chi connectivity index (χ0) is 20.2. The van der Waals surface area contributed by atoms with Crippen LogP contribution in [0.25, 0.3) is 6.08 Å². The summed E-state index contributed by atoms with van der Waals surface area (Å²) in [7, 11) is 0. The molecule has 0 spiro atoms. The van der Waals surface area contributed by atoms with Crippen molar-refractivity contribution in [3.63, 3.8) is 0 Å². The molecule has 1 amide bonds. The zero-order valence-electron chi connectivity index (χ0n) is 16.7. The summed E-state index contributed by atoms with van der Waals surface area (Å²) in [6.07, 6.45) is 7.50. The maximum absolute atomic E-state index is 12.4. The summed E-state index contributed by atoms with van der Waals surface area (Å²) in [6, 6.07) is 16.4. The number of hydrogen-bond acceptors (Lipinski definition) is 3. The lowest BCUT2D eigenvalue weighted by atomic mass is 10.0. The molecule has 0 aliphatic rings. The molecule has 0 radical (unpaired) electrons. The monoisotopic (exact) mass is 379 g/mol. The molecule has 0 saturated heterocycles. The van der Waals surface area contributed by atoms with Crippen LogP contribution in [-0.4, -0.2) is 18.5 Å². The molecule has 0 aliphatic carbocycles. The highest BCUT2D eigenvalue weighted by atomic mass is 16.5. The third-order valence-corrected chi connectivity index (χ3v) is 4.60. The smallest absolute Gasteiger partial charge is 0.330 e. The van der Waals surface area contributed by atoms with Gasteiger partial charge in [-0.2, -0.15) is 0 Å². The lowest BCUT2D eigenvalue weighted by Crippen LogP contribution is -2.12.